The van der Waals surface area contributed by atoms with E-state index < -0.39 is 11.9 Å². The van der Waals surface area contributed by atoms with Crippen molar-refractivity contribution in [1.29, 1.82) is 0 Å². The monoisotopic (exact) mass is 355 g/mol. The molecule has 0 fully saturated rings. The molecule has 2 aromatic heterocycles. The fraction of sp³-hybridized carbons (Fsp3) is 0.167. The lowest BCUT2D eigenvalue weighted by Gasteiger charge is -2.07. The number of amides is 1. The predicted molar refractivity (Wildman–Crippen MR) is 95.4 cm³/mol. The van der Waals surface area contributed by atoms with E-state index in [1.54, 1.807) is 24.3 Å². The largest absolute Gasteiger partial charge is 0.455 e. The zero-order chi connectivity index (χ0) is 17.8. The number of nitrogens with two attached hydrogens (primary N) is 1. The summed E-state index contributed by atoms with van der Waals surface area (Å²) in [5.74, 6) is -0.787. The molecular weight excluding hydrogens is 338 g/mol. The Morgan fingerprint density at radius 2 is 2.00 bits per heavy atom. The molecule has 3 aromatic rings. The summed E-state index contributed by atoms with van der Waals surface area (Å²) in [7, 11) is 0. The van der Waals surface area contributed by atoms with Gasteiger partial charge in [0.05, 0.1) is 17.0 Å². The molecule has 1 amide bonds. The fourth-order valence-corrected chi connectivity index (χ4v) is 3.13. The number of imidazole rings is 1. The van der Waals surface area contributed by atoms with Gasteiger partial charge < -0.3 is 14.9 Å². The van der Waals surface area contributed by atoms with Gasteiger partial charge in [-0.3, -0.25) is 4.79 Å². The zero-order valence-electron chi connectivity index (χ0n) is 13.6. The van der Waals surface area contributed by atoms with Gasteiger partial charge >= 0.3 is 5.97 Å². The third kappa shape index (κ3) is 4.19. The number of primary amides is 1. The molecular formula is C18H17N3O3S. The molecule has 0 aliphatic carbocycles. The third-order valence-electron chi connectivity index (χ3n) is 3.48. The molecule has 6 nitrogen and oxygen atoms in total. The number of carbonyl (C=O) groups is 2. The van der Waals surface area contributed by atoms with E-state index >= 15 is 0 Å². The number of hydrogen-bond acceptors (Lipinski definition) is 5. The van der Waals surface area contributed by atoms with Crippen LogP contribution in [-0.2, 0) is 16.1 Å². The van der Waals surface area contributed by atoms with Crippen molar-refractivity contribution in [2.45, 2.75) is 18.4 Å². The number of aryl methyl sites for hydroxylation is 1. The summed E-state index contributed by atoms with van der Waals surface area (Å²) < 4.78 is 7.28. The lowest BCUT2D eigenvalue weighted by Crippen LogP contribution is -2.14. The highest BCUT2D eigenvalue weighted by Gasteiger charge is 2.14. The maximum atomic E-state index is 12.4. The number of thioether (sulfide) groups is 1. The molecule has 2 N–H and O–H groups in total. The SMILES string of the molecule is Cc1ccc2nc(COC(=O)c3ccccc3SCC(N)=O)cn2c1. The summed E-state index contributed by atoms with van der Waals surface area (Å²) >= 11 is 1.22. The summed E-state index contributed by atoms with van der Waals surface area (Å²) in [5.41, 5.74) is 8.16. The van der Waals surface area contributed by atoms with Crippen LogP contribution in [0.4, 0.5) is 0 Å². The van der Waals surface area contributed by atoms with Crippen LogP contribution in [0.2, 0.25) is 0 Å². The first-order valence-corrected chi connectivity index (χ1v) is 8.63. The van der Waals surface area contributed by atoms with E-state index in [4.69, 9.17) is 10.5 Å². The highest BCUT2D eigenvalue weighted by atomic mass is 32.2. The fourth-order valence-electron chi connectivity index (χ4n) is 2.35. The van der Waals surface area contributed by atoms with Gasteiger partial charge in [0.1, 0.15) is 12.3 Å². The number of ether oxygens (including phenoxy) is 1. The van der Waals surface area contributed by atoms with Crippen molar-refractivity contribution in [1.82, 2.24) is 9.38 Å². The van der Waals surface area contributed by atoms with E-state index in [2.05, 4.69) is 4.98 Å². The number of nitrogens with zero attached hydrogens (tertiary/aromatic N) is 2. The molecule has 128 valence electrons. The summed E-state index contributed by atoms with van der Waals surface area (Å²) in [6.07, 6.45) is 3.80. The van der Waals surface area contributed by atoms with Gasteiger partial charge in [-0.05, 0) is 30.7 Å². The molecule has 0 unspecified atom stereocenters. The first-order chi connectivity index (χ1) is 12.0. The first kappa shape index (κ1) is 17.0. The third-order valence-corrected chi connectivity index (χ3v) is 4.57. The van der Waals surface area contributed by atoms with Crippen molar-refractivity contribution in [3.63, 3.8) is 0 Å². The van der Waals surface area contributed by atoms with E-state index in [1.807, 2.05) is 35.9 Å². The predicted octanol–water partition coefficient (Wildman–Crippen LogP) is 2.58. The Labute approximate surface area is 149 Å². The minimum absolute atomic E-state index is 0.0778. The molecule has 0 atom stereocenters. The van der Waals surface area contributed by atoms with Crippen LogP contribution in [-0.4, -0.2) is 27.0 Å². The Kier molecular flexibility index (Phi) is 5.04. The van der Waals surface area contributed by atoms with Crippen LogP contribution >= 0.6 is 11.8 Å². The number of aromatic nitrogens is 2. The van der Waals surface area contributed by atoms with Crippen LogP contribution in [0.5, 0.6) is 0 Å². The van der Waals surface area contributed by atoms with Crippen LogP contribution in [0.25, 0.3) is 5.65 Å². The van der Waals surface area contributed by atoms with Gasteiger partial charge in [0.2, 0.25) is 5.91 Å². The minimum atomic E-state index is -0.458. The second-order valence-corrected chi connectivity index (χ2v) is 6.55. The van der Waals surface area contributed by atoms with Crippen LogP contribution in [0, 0.1) is 6.92 Å². The molecule has 0 aliphatic heterocycles. The lowest BCUT2D eigenvalue weighted by atomic mass is 10.2. The van der Waals surface area contributed by atoms with E-state index in [-0.39, 0.29) is 12.4 Å². The van der Waals surface area contributed by atoms with Crippen LogP contribution in [0.3, 0.4) is 0 Å². The molecule has 3 rings (SSSR count). The summed E-state index contributed by atoms with van der Waals surface area (Å²) in [4.78, 5) is 28.4. The molecule has 2 heterocycles. The molecule has 0 bridgehead atoms. The molecule has 0 spiro atoms. The molecule has 0 saturated heterocycles. The zero-order valence-corrected chi connectivity index (χ0v) is 14.5. The van der Waals surface area contributed by atoms with Crippen molar-refractivity contribution in [3.8, 4) is 0 Å². The summed E-state index contributed by atoms with van der Waals surface area (Å²) in [5, 5.41) is 0. The van der Waals surface area contributed by atoms with Crippen LogP contribution in [0.1, 0.15) is 21.6 Å². The van der Waals surface area contributed by atoms with Gasteiger partial charge in [-0.25, -0.2) is 9.78 Å². The van der Waals surface area contributed by atoms with E-state index in [9.17, 15) is 9.59 Å². The van der Waals surface area contributed by atoms with Crippen molar-refractivity contribution in [2.75, 3.05) is 5.75 Å². The Morgan fingerprint density at radius 1 is 1.20 bits per heavy atom. The minimum Gasteiger partial charge on any atom is -0.455 e. The number of benzene rings is 1. The maximum Gasteiger partial charge on any atom is 0.339 e. The maximum absolute atomic E-state index is 12.4. The number of pyridine rings is 1. The quantitative estimate of drug-likeness (QED) is 0.542. The molecule has 0 aliphatic rings. The number of carbonyl (C=O) groups excluding carboxylic acids is 2. The highest BCUT2D eigenvalue weighted by molar-refractivity contribution is 8.00. The van der Waals surface area contributed by atoms with Gasteiger partial charge in [-0.1, -0.05) is 18.2 Å². The Hall–Kier alpha value is -2.80. The van der Waals surface area contributed by atoms with E-state index in [1.165, 1.54) is 11.8 Å². The van der Waals surface area contributed by atoms with Gasteiger partial charge in [0.15, 0.2) is 0 Å². The highest BCUT2D eigenvalue weighted by Crippen LogP contribution is 2.23. The molecule has 7 heteroatoms. The van der Waals surface area contributed by atoms with Gasteiger partial charge in [0.25, 0.3) is 0 Å². The number of esters is 1. The number of rotatable bonds is 6. The van der Waals surface area contributed by atoms with Crippen molar-refractivity contribution >= 4 is 29.3 Å². The topological polar surface area (TPSA) is 86.7 Å². The summed E-state index contributed by atoms with van der Waals surface area (Å²) in [6, 6.07) is 10.9. The normalized spacial score (nSPS) is 10.8. The van der Waals surface area contributed by atoms with Crippen LogP contribution < -0.4 is 5.73 Å². The Morgan fingerprint density at radius 3 is 2.80 bits per heavy atom. The molecule has 25 heavy (non-hydrogen) atoms. The average molecular weight is 355 g/mol. The smallest absolute Gasteiger partial charge is 0.339 e. The second-order valence-electron chi connectivity index (χ2n) is 5.53. The Bertz CT molecular complexity index is 936. The lowest BCUT2D eigenvalue weighted by molar-refractivity contribution is -0.115. The number of hydrogen-bond donors (Lipinski definition) is 1. The molecule has 1 aromatic carbocycles. The average Bonchev–Trinajstić information content (AvgIpc) is 3.00. The van der Waals surface area contributed by atoms with Crippen LogP contribution in [0.15, 0.2) is 53.7 Å². The second kappa shape index (κ2) is 7.40. The summed E-state index contributed by atoms with van der Waals surface area (Å²) in [6.45, 7) is 2.08. The van der Waals surface area contributed by atoms with Crippen molar-refractivity contribution < 1.29 is 14.3 Å². The Balaban J connectivity index is 1.70. The molecule has 0 radical (unpaired) electrons. The molecule has 0 saturated carbocycles. The van der Waals surface area contributed by atoms with Crippen molar-refractivity contribution in [3.05, 3.63) is 65.6 Å². The first-order valence-electron chi connectivity index (χ1n) is 7.64. The van der Waals surface area contributed by atoms with Gasteiger partial charge in [-0.15, -0.1) is 11.8 Å². The standard InChI is InChI=1S/C18H17N3O3S/c1-12-6-7-17-20-13(9-21(17)8-12)10-24-18(23)14-4-2-3-5-15(14)25-11-16(19)22/h2-9H,10-11H2,1H3,(H2,19,22). The van der Waals surface area contributed by atoms with E-state index in [0.29, 0.717) is 16.2 Å². The number of fused-ring (bicyclic) bond motifs is 1. The van der Waals surface area contributed by atoms with E-state index in [0.717, 1.165) is 11.2 Å². The van der Waals surface area contributed by atoms with Crippen molar-refractivity contribution in [2.24, 2.45) is 5.73 Å². The van der Waals surface area contributed by atoms with Gasteiger partial charge in [0, 0.05) is 17.3 Å². The van der Waals surface area contributed by atoms with Gasteiger partial charge in [-0.2, -0.15) is 0 Å².